The van der Waals surface area contributed by atoms with Gasteiger partial charge in [-0.2, -0.15) is 4.68 Å². The number of aromatic amines is 1. The normalized spacial score (nSPS) is 11.6. The van der Waals surface area contributed by atoms with E-state index in [0.29, 0.717) is 11.1 Å². The minimum absolute atomic E-state index is 0.0918. The van der Waals surface area contributed by atoms with E-state index in [2.05, 4.69) is 11.2 Å². The van der Waals surface area contributed by atoms with E-state index in [1.807, 2.05) is 68.4 Å². The molecule has 0 aliphatic heterocycles. The molecule has 6 aromatic rings. The summed E-state index contributed by atoms with van der Waals surface area (Å²) in [7, 11) is 0. The van der Waals surface area contributed by atoms with Crippen LogP contribution in [0.2, 0.25) is 0 Å². The highest BCUT2D eigenvalue weighted by atomic mass is 16.3. The Balaban J connectivity index is 1.81. The number of aromatic hydroxyl groups is 1. The van der Waals surface area contributed by atoms with Crippen molar-refractivity contribution in [3.63, 3.8) is 0 Å². The fourth-order valence-corrected chi connectivity index (χ4v) is 4.95. The van der Waals surface area contributed by atoms with Gasteiger partial charge in [-0.3, -0.25) is 0 Å². The third-order valence-corrected chi connectivity index (χ3v) is 6.54. The monoisotopic (exact) mass is 447 g/mol. The molecule has 0 atom stereocenters. The number of phenolic OH excluding ortho intramolecular Hbond substituents is 1. The molecule has 0 fully saturated rings. The molecule has 6 heteroatoms. The number of phenols is 1. The van der Waals surface area contributed by atoms with Crippen molar-refractivity contribution in [3.05, 3.63) is 111 Å². The Hall–Kier alpha value is -4.58. The van der Waals surface area contributed by atoms with Gasteiger partial charge in [-0.25, -0.2) is 19.3 Å². The van der Waals surface area contributed by atoms with Gasteiger partial charge in [-0.05, 0) is 64.0 Å². The van der Waals surface area contributed by atoms with Gasteiger partial charge in [0.2, 0.25) is 0 Å². The first-order chi connectivity index (χ1) is 16.5. The summed E-state index contributed by atoms with van der Waals surface area (Å²) in [5.41, 5.74) is 1.49. The number of hydrogen-bond acceptors (Lipinski definition) is 3. The third kappa shape index (κ3) is 2.75. The molecule has 0 aliphatic carbocycles. The number of nitrogens with one attached hydrogen (secondary N) is 1. The van der Waals surface area contributed by atoms with Crippen molar-refractivity contribution in [2.45, 2.75) is 13.8 Å². The molecule has 0 bridgehead atoms. The van der Waals surface area contributed by atoms with Gasteiger partial charge < -0.3 is 5.11 Å². The summed E-state index contributed by atoms with van der Waals surface area (Å²) in [5.74, 6) is -0.0918. The van der Waals surface area contributed by atoms with Crippen molar-refractivity contribution >= 4 is 32.3 Å². The van der Waals surface area contributed by atoms with E-state index in [4.69, 9.17) is 0 Å². The molecule has 0 aliphatic rings. The molecule has 34 heavy (non-hydrogen) atoms. The van der Waals surface area contributed by atoms with E-state index in [1.54, 1.807) is 18.2 Å². The summed E-state index contributed by atoms with van der Waals surface area (Å²) in [6.07, 6.45) is 0. The van der Waals surface area contributed by atoms with Crippen LogP contribution in [-0.2, 0) is 0 Å². The van der Waals surface area contributed by atoms with Crippen LogP contribution < -0.4 is 11.4 Å². The minimum Gasteiger partial charge on any atom is -0.506 e. The van der Waals surface area contributed by atoms with Crippen LogP contribution in [0, 0.1) is 13.8 Å². The lowest BCUT2D eigenvalue weighted by Gasteiger charge is -2.14. The van der Waals surface area contributed by atoms with Crippen LogP contribution in [0.4, 0.5) is 0 Å². The van der Waals surface area contributed by atoms with Gasteiger partial charge in [0.25, 0.3) is 0 Å². The quantitative estimate of drug-likeness (QED) is 0.363. The standard InChI is InChI=1S/C28H21N3O3/c1-16-6-3-4-9-21(16)30-27(33)29-31(28(30)34)26-22(32)15-14-20-13-12-19-11-10-18-8-5-7-17(2)23(18)24(19)25(20)26/h3-15,32H,1-2H3,(H,29,33). The van der Waals surface area contributed by atoms with Crippen LogP contribution in [-0.4, -0.2) is 19.5 Å². The van der Waals surface area contributed by atoms with Gasteiger partial charge in [-0.1, -0.05) is 66.7 Å². The Morgan fingerprint density at radius 1 is 0.676 bits per heavy atom. The maximum Gasteiger partial charge on any atom is 0.356 e. The maximum atomic E-state index is 13.6. The average Bonchev–Trinajstić information content (AvgIpc) is 3.12. The number of aromatic nitrogens is 3. The van der Waals surface area contributed by atoms with Crippen molar-refractivity contribution < 1.29 is 5.11 Å². The number of nitrogens with zero attached hydrogens (tertiary/aromatic N) is 2. The Bertz CT molecular complexity index is 1880. The van der Waals surface area contributed by atoms with Crippen molar-refractivity contribution in [2.75, 3.05) is 0 Å². The van der Waals surface area contributed by atoms with Crippen LogP contribution in [0.3, 0.4) is 0 Å². The van der Waals surface area contributed by atoms with Crippen molar-refractivity contribution in [1.82, 2.24) is 14.3 Å². The van der Waals surface area contributed by atoms with Crippen molar-refractivity contribution in [1.29, 1.82) is 0 Å². The minimum atomic E-state index is -0.573. The molecule has 5 aromatic carbocycles. The molecular formula is C28H21N3O3. The fraction of sp³-hybridized carbons (Fsp3) is 0.0714. The van der Waals surface area contributed by atoms with E-state index < -0.39 is 11.4 Å². The largest absolute Gasteiger partial charge is 0.506 e. The van der Waals surface area contributed by atoms with Gasteiger partial charge in [0, 0.05) is 5.39 Å². The zero-order valence-corrected chi connectivity index (χ0v) is 18.7. The Morgan fingerprint density at radius 3 is 2.03 bits per heavy atom. The van der Waals surface area contributed by atoms with Gasteiger partial charge in [0.05, 0.1) is 5.69 Å². The lowest BCUT2D eigenvalue weighted by Crippen LogP contribution is -2.27. The first-order valence-electron chi connectivity index (χ1n) is 11.0. The number of H-pyrrole nitrogens is 1. The number of hydrogen-bond donors (Lipinski definition) is 2. The third-order valence-electron chi connectivity index (χ3n) is 6.54. The molecule has 0 spiro atoms. The molecule has 2 N–H and O–H groups in total. The van der Waals surface area contributed by atoms with E-state index in [0.717, 1.165) is 47.3 Å². The Labute approximate surface area is 193 Å². The summed E-state index contributed by atoms with van der Waals surface area (Å²) in [6, 6.07) is 24.8. The Morgan fingerprint density at radius 2 is 1.29 bits per heavy atom. The summed E-state index contributed by atoms with van der Waals surface area (Å²) in [6.45, 7) is 3.89. The second-order valence-corrected chi connectivity index (χ2v) is 8.59. The first kappa shape index (κ1) is 20.1. The molecule has 6 nitrogen and oxygen atoms in total. The van der Waals surface area contributed by atoms with E-state index in [9.17, 15) is 14.7 Å². The second kappa shape index (κ2) is 7.22. The smallest absolute Gasteiger partial charge is 0.356 e. The van der Waals surface area contributed by atoms with Crippen LogP contribution in [0.25, 0.3) is 43.7 Å². The summed E-state index contributed by atoms with van der Waals surface area (Å²) >= 11 is 0. The maximum absolute atomic E-state index is 13.6. The molecule has 0 saturated heterocycles. The summed E-state index contributed by atoms with van der Waals surface area (Å²) in [5, 5.41) is 19.3. The SMILES string of the molecule is Cc1ccccc1-n1c(=O)[nH]n(-c2c(O)ccc3ccc4ccc5cccc(C)c5c4c23)c1=O. The average molecular weight is 447 g/mol. The molecular weight excluding hydrogens is 426 g/mol. The lowest BCUT2D eigenvalue weighted by molar-refractivity contribution is 0.470. The van der Waals surface area contributed by atoms with E-state index >= 15 is 0 Å². The zero-order valence-electron chi connectivity index (χ0n) is 18.7. The number of fused-ring (bicyclic) bond motifs is 5. The first-order valence-corrected chi connectivity index (χ1v) is 11.0. The predicted molar refractivity (Wildman–Crippen MR) is 136 cm³/mol. The highest BCUT2D eigenvalue weighted by molar-refractivity contribution is 6.23. The molecule has 1 aromatic heterocycles. The van der Waals surface area contributed by atoms with Gasteiger partial charge in [0.1, 0.15) is 11.4 Å². The van der Waals surface area contributed by atoms with Crippen LogP contribution in [0.5, 0.6) is 5.75 Å². The molecule has 1 heterocycles. The van der Waals surface area contributed by atoms with Crippen molar-refractivity contribution in [2.24, 2.45) is 0 Å². The van der Waals surface area contributed by atoms with Crippen LogP contribution in [0.15, 0.2) is 88.5 Å². The molecule has 166 valence electrons. The zero-order chi connectivity index (χ0) is 23.6. The molecule has 0 unspecified atom stereocenters. The summed E-state index contributed by atoms with van der Waals surface area (Å²) < 4.78 is 2.26. The lowest BCUT2D eigenvalue weighted by atomic mass is 9.93. The number of benzene rings is 5. The Kier molecular flexibility index (Phi) is 4.26. The highest BCUT2D eigenvalue weighted by Gasteiger charge is 2.20. The number of rotatable bonds is 2. The highest BCUT2D eigenvalue weighted by Crippen LogP contribution is 2.39. The predicted octanol–water partition coefficient (Wildman–Crippen LogP) is 5.10. The topological polar surface area (TPSA) is 80.0 Å². The molecule has 0 radical (unpaired) electrons. The summed E-state index contributed by atoms with van der Waals surface area (Å²) in [4.78, 5) is 26.6. The van der Waals surface area contributed by atoms with E-state index in [1.165, 1.54) is 0 Å². The molecule has 0 saturated carbocycles. The molecule has 6 rings (SSSR count). The fourth-order valence-electron chi connectivity index (χ4n) is 4.95. The second-order valence-electron chi connectivity index (χ2n) is 8.59. The number of para-hydroxylation sites is 1. The van der Waals surface area contributed by atoms with Crippen molar-refractivity contribution in [3.8, 4) is 17.1 Å². The van der Waals surface area contributed by atoms with Crippen LogP contribution >= 0.6 is 0 Å². The van der Waals surface area contributed by atoms with Gasteiger partial charge >= 0.3 is 11.4 Å². The molecule has 0 amide bonds. The number of aryl methyl sites for hydroxylation is 2. The van der Waals surface area contributed by atoms with Crippen LogP contribution in [0.1, 0.15) is 11.1 Å². The van der Waals surface area contributed by atoms with Gasteiger partial charge in [-0.15, -0.1) is 0 Å². The van der Waals surface area contributed by atoms with E-state index in [-0.39, 0.29) is 11.4 Å². The van der Waals surface area contributed by atoms with Gasteiger partial charge in [0.15, 0.2) is 0 Å².